The monoisotopic (exact) mass is 927 g/mol. The number of ether oxygens (including phenoxy) is 3. The van der Waals surface area contributed by atoms with Crippen molar-refractivity contribution in [3.8, 4) is 50.3 Å². The number of piperazine rings is 1. The highest BCUT2D eigenvalue weighted by Gasteiger charge is 2.30. The molecule has 338 valence electrons. The first-order valence-electron chi connectivity index (χ1n) is 21.7. The summed E-state index contributed by atoms with van der Waals surface area (Å²) >= 11 is 8.73. The molecule has 10 rings (SSSR count). The van der Waals surface area contributed by atoms with Crippen LogP contribution in [0.5, 0.6) is 17.4 Å². The summed E-state index contributed by atoms with van der Waals surface area (Å²) in [5.74, 6) is -0.271. The van der Waals surface area contributed by atoms with Crippen molar-refractivity contribution in [3.63, 3.8) is 0 Å². The number of anilines is 1. The molecule has 13 nitrogen and oxygen atoms in total. The van der Waals surface area contributed by atoms with E-state index in [2.05, 4.69) is 31.8 Å². The van der Waals surface area contributed by atoms with Gasteiger partial charge in [0.2, 0.25) is 17.9 Å². The summed E-state index contributed by atoms with van der Waals surface area (Å²) < 4.78 is 32.7. The van der Waals surface area contributed by atoms with Gasteiger partial charge in [-0.05, 0) is 97.2 Å². The summed E-state index contributed by atoms with van der Waals surface area (Å²) in [5.41, 5.74) is 5.78. The second kappa shape index (κ2) is 19.5. The second-order valence-electron chi connectivity index (χ2n) is 16.4. The third-order valence-electron chi connectivity index (χ3n) is 12.1. The van der Waals surface area contributed by atoms with Crippen LogP contribution in [-0.4, -0.2) is 106 Å². The zero-order valence-electron chi connectivity index (χ0n) is 36.7. The molecule has 16 heteroatoms. The number of likely N-dealkylation sites (N-methyl/N-ethyl adjacent to an activating group) is 1. The highest BCUT2D eigenvalue weighted by molar-refractivity contribution is 7.22. The molecule has 0 aliphatic carbocycles. The SMILES string of the molecule is COc1ccccc1-c1nccc(COc2ccc3cc2C[C@H](C(=O)O)Oc2ncnc4sc(-c5ccc(F)cc5)c(c24)-c2ccc(c(Cl)c2C)N(CCCN2CCN(C)CC2)C(=O)C3)n1. The van der Waals surface area contributed by atoms with Gasteiger partial charge in [0.15, 0.2) is 5.82 Å². The molecule has 4 bridgehead atoms. The maximum absolute atomic E-state index is 14.7. The minimum absolute atomic E-state index is 0.00160. The normalized spacial score (nSPS) is 15.8. The lowest BCUT2D eigenvalue weighted by Crippen LogP contribution is -2.45. The summed E-state index contributed by atoms with van der Waals surface area (Å²) in [5, 5.41) is 11.7. The maximum atomic E-state index is 14.7. The summed E-state index contributed by atoms with van der Waals surface area (Å²) in [6, 6.07) is 24.5. The molecular weight excluding hydrogens is 881 g/mol. The molecule has 1 N–H and O–H groups in total. The van der Waals surface area contributed by atoms with Crippen LogP contribution >= 0.6 is 22.9 Å². The van der Waals surface area contributed by atoms with E-state index in [1.165, 1.54) is 29.8 Å². The lowest BCUT2D eigenvalue weighted by molar-refractivity contribution is -0.145. The number of amides is 1. The number of hydrogen-bond donors (Lipinski definition) is 1. The van der Waals surface area contributed by atoms with Crippen LogP contribution in [0.25, 0.3) is 43.2 Å². The fraction of sp³-hybridized carbons (Fsp3) is 0.280. The smallest absolute Gasteiger partial charge is 0.345 e. The fourth-order valence-corrected chi connectivity index (χ4v) is 9.94. The summed E-state index contributed by atoms with van der Waals surface area (Å²) in [6.45, 7) is 7.03. The number of carboxylic acid groups (broad SMARTS) is 1. The Kier molecular flexibility index (Phi) is 13.2. The van der Waals surface area contributed by atoms with E-state index < -0.39 is 12.1 Å². The van der Waals surface area contributed by atoms with E-state index in [0.29, 0.717) is 90.3 Å². The standard InChI is InChI=1S/C50H47ClFN7O6S/c1-30-36-14-15-38(45(30)51)59(20-6-19-58-23-21-57(2)22-24-58)42(60)26-31-9-16-39(64-28-35-17-18-53-47(56-35)37-7-4-5-8-40(37)63-3)33(25-31)27-41(50(61)62)65-48-44-43(36)46(66-49(44)55-29-54-48)32-10-12-34(52)13-11-32/h4-5,7-18,25,29,41H,6,19-24,26-28H2,1-3H3,(H,61,62)/t41-/m1/s1. The number of rotatable bonds is 11. The Labute approximate surface area is 390 Å². The first kappa shape index (κ1) is 44.7. The van der Waals surface area contributed by atoms with Gasteiger partial charge < -0.3 is 34.0 Å². The van der Waals surface area contributed by atoms with E-state index in [4.69, 9.17) is 30.8 Å². The molecule has 0 spiro atoms. The average Bonchev–Trinajstić information content (AvgIpc) is 3.71. The Balaban J connectivity index is 1.14. The lowest BCUT2D eigenvalue weighted by atomic mass is 9.95. The van der Waals surface area contributed by atoms with Crippen molar-refractivity contribution in [1.82, 2.24) is 29.7 Å². The molecular formula is C50H47ClFN7O6S. The number of aliphatic carboxylic acids is 1. The number of carboxylic acids is 1. The van der Waals surface area contributed by atoms with Crippen molar-refractivity contribution in [2.45, 2.75) is 38.9 Å². The number of para-hydroxylation sites is 1. The molecule has 1 amide bonds. The zero-order valence-corrected chi connectivity index (χ0v) is 38.2. The van der Waals surface area contributed by atoms with Crippen LogP contribution in [0.4, 0.5) is 10.1 Å². The number of carbonyl (C=O) groups is 2. The van der Waals surface area contributed by atoms with Gasteiger partial charge in [0.25, 0.3) is 0 Å². The third kappa shape index (κ3) is 9.43. The summed E-state index contributed by atoms with van der Waals surface area (Å²) in [6.07, 6.45) is 2.10. The van der Waals surface area contributed by atoms with Crippen molar-refractivity contribution in [3.05, 3.63) is 131 Å². The molecule has 1 saturated heterocycles. The van der Waals surface area contributed by atoms with Crippen LogP contribution in [0, 0.1) is 12.7 Å². The lowest BCUT2D eigenvalue weighted by Gasteiger charge is -2.33. The Morgan fingerprint density at radius 3 is 2.55 bits per heavy atom. The van der Waals surface area contributed by atoms with E-state index >= 15 is 0 Å². The summed E-state index contributed by atoms with van der Waals surface area (Å²) in [4.78, 5) is 54.1. The van der Waals surface area contributed by atoms with Crippen LogP contribution in [0.1, 0.15) is 28.8 Å². The first-order valence-corrected chi connectivity index (χ1v) is 22.9. The molecule has 66 heavy (non-hydrogen) atoms. The molecule has 7 aromatic rings. The number of fused-ring (bicyclic) bond motifs is 6. The van der Waals surface area contributed by atoms with Gasteiger partial charge >= 0.3 is 5.97 Å². The van der Waals surface area contributed by atoms with Crippen molar-refractivity contribution in [2.24, 2.45) is 0 Å². The first-order chi connectivity index (χ1) is 32.0. The van der Waals surface area contributed by atoms with Gasteiger partial charge in [-0.1, -0.05) is 54.1 Å². The van der Waals surface area contributed by atoms with Crippen LogP contribution in [0.3, 0.4) is 0 Å². The van der Waals surface area contributed by atoms with E-state index in [0.717, 1.165) is 43.2 Å². The minimum Gasteiger partial charge on any atom is -0.496 e. The number of nitrogens with zero attached hydrogens (tertiary/aromatic N) is 7. The largest absolute Gasteiger partial charge is 0.496 e. The minimum atomic E-state index is -1.46. The number of hydrogen-bond acceptors (Lipinski definition) is 12. The Hall–Kier alpha value is -6.52. The quantitative estimate of drug-likeness (QED) is 0.133. The molecule has 0 saturated carbocycles. The number of methoxy groups -OCH3 is 1. The van der Waals surface area contributed by atoms with Gasteiger partial charge in [-0.3, -0.25) is 4.79 Å². The molecule has 0 radical (unpaired) electrons. The molecule has 4 aromatic carbocycles. The molecule has 3 aliphatic rings. The number of aromatic nitrogens is 4. The topological polar surface area (TPSA) is 143 Å². The van der Waals surface area contributed by atoms with E-state index in [-0.39, 0.29) is 37.1 Å². The van der Waals surface area contributed by atoms with Gasteiger partial charge in [-0.2, -0.15) is 0 Å². The fourth-order valence-electron chi connectivity index (χ4n) is 8.53. The molecule has 1 fully saturated rings. The Morgan fingerprint density at radius 2 is 1.76 bits per heavy atom. The summed E-state index contributed by atoms with van der Waals surface area (Å²) in [7, 11) is 3.71. The average molecular weight is 928 g/mol. The van der Waals surface area contributed by atoms with Crippen molar-refractivity contribution < 1.29 is 33.3 Å². The van der Waals surface area contributed by atoms with Crippen molar-refractivity contribution in [1.29, 1.82) is 0 Å². The van der Waals surface area contributed by atoms with E-state index in [9.17, 15) is 19.1 Å². The zero-order chi connectivity index (χ0) is 45.9. The van der Waals surface area contributed by atoms with Gasteiger partial charge in [-0.15, -0.1) is 11.3 Å². The molecule has 1 atom stereocenters. The molecule has 3 aromatic heterocycles. The number of halogens is 2. The highest BCUT2D eigenvalue weighted by Crippen LogP contribution is 2.50. The predicted molar refractivity (Wildman–Crippen MR) is 253 cm³/mol. The van der Waals surface area contributed by atoms with Crippen LogP contribution in [0.15, 0.2) is 97.5 Å². The van der Waals surface area contributed by atoms with Crippen LogP contribution < -0.4 is 19.1 Å². The molecule has 6 heterocycles. The second-order valence-corrected chi connectivity index (χ2v) is 17.8. The highest BCUT2D eigenvalue weighted by atomic mass is 35.5. The van der Waals surface area contributed by atoms with E-state index in [1.807, 2.05) is 49.4 Å². The molecule has 3 aliphatic heterocycles. The van der Waals surface area contributed by atoms with Gasteiger partial charge in [-0.25, -0.2) is 29.1 Å². The van der Waals surface area contributed by atoms with E-state index in [1.54, 1.807) is 48.5 Å². The van der Waals surface area contributed by atoms with Gasteiger partial charge in [0, 0.05) is 55.8 Å². The third-order valence-corrected chi connectivity index (χ3v) is 13.7. The van der Waals surface area contributed by atoms with Crippen molar-refractivity contribution >= 4 is 50.7 Å². The number of thiophene rings is 1. The number of carbonyl (C=O) groups excluding carboxylic acids is 1. The van der Waals surface area contributed by atoms with Crippen LogP contribution in [-0.2, 0) is 29.0 Å². The Morgan fingerprint density at radius 1 is 0.955 bits per heavy atom. The van der Waals surface area contributed by atoms with Gasteiger partial charge in [0.1, 0.15) is 35.1 Å². The number of benzene rings is 4. The maximum Gasteiger partial charge on any atom is 0.345 e. The van der Waals surface area contributed by atoms with Gasteiger partial charge in [0.05, 0.1) is 40.9 Å². The van der Waals surface area contributed by atoms with Crippen LogP contribution in [0.2, 0.25) is 5.02 Å². The molecule has 0 unspecified atom stereocenters. The predicted octanol–water partition coefficient (Wildman–Crippen LogP) is 8.77. The van der Waals surface area contributed by atoms with Crippen molar-refractivity contribution in [2.75, 3.05) is 58.3 Å². The Bertz CT molecular complexity index is 2930.